The van der Waals surface area contributed by atoms with Gasteiger partial charge in [-0.15, -0.1) is 0 Å². The molecule has 158 valence electrons. The van der Waals surface area contributed by atoms with E-state index in [1.54, 1.807) is 6.07 Å². The molecule has 0 radical (unpaired) electrons. The number of aliphatic carboxylic acids is 1. The summed E-state index contributed by atoms with van der Waals surface area (Å²) >= 11 is 0. The van der Waals surface area contributed by atoms with E-state index >= 15 is 0 Å². The number of rotatable bonds is 5. The molecule has 0 aliphatic heterocycles. The summed E-state index contributed by atoms with van der Waals surface area (Å²) in [5, 5.41) is 14.0. The molecule has 0 N–H and O–H groups in total. The van der Waals surface area contributed by atoms with Crippen molar-refractivity contribution in [3.8, 4) is 5.75 Å². The fraction of sp³-hybridized carbons (Fsp3) is 0.143. The molecule has 0 aromatic heterocycles. The monoisotopic (exact) mass is 444 g/mol. The van der Waals surface area contributed by atoms with E-state index < -0.39 is 35.6 Å². The number of hydrogen-bond acceptors (Lipinski definition) is 4. The van der Waals surface area contributed by atoms with Crippen molar-refractivity contribution in [1.82, 2.24) is 0 Å². The molecular formula is C28H21NaO4. The maximum Gasteiger partial charge on any atom is 1.00 e. The zero-order valence-corrected chi connectivity index (χ0v) is 20.3. The number of carboxylic acid groups (broad SMARTS) is 1. The molecule has 4 aromatic rings. The number of esters is 1. The van der Waals surface area contributed by atoms with Crippen LogP contribution >= 0.6 is 0 Å². The maximum atomic E-state index is 13.5. The number of carboxylic acids is 1. The molecule has 0 amide bonds. The molecule has 4 aromatic carbocycles. The largest absolute Gasteiger partial charge is 1.00 e. The van der Waals surface area contributed by atoms with Gasteiger partial charge in [-0.1, -0.05) is 97.1 Å². The summed E-state index contributed by atoms with van der Waals surface area (Å²) in [6.45, 7) is 0. The van der Waals surface area contributed by atoms with Crippen molar-refractivity contribution in [3.63, 3.8) is 0 Å². The van der Waals surface area contributed by atoms with Crippen LogP contribution in [0.5, 0.6) is 5.75 Å². The molecule has 4 nitrogen and oxygen atoms in total. The molecule has 0 saturated heterocycles. The quantitative estimate of drug-likeness (QED) is 0.265. The van der Waals surface area contributed by atoms with Gasteiger partial charge in [0.2, 0.25) is 0 Å². The van der Waals surface area contributed by atoms with E-state index in [1.165, 1.54) is 0 Å². The Hall–Kier alpha value is -2.92. The van der Waals surface area contributed by atoms with Crippen LogP contribution in [0.4, 0.5) is 0 Å². The molecule has 1 aliphatic carbocycles. The first-order chi connectivity index (χ1) is 15.6. The average molecular weight is 444 g/mol. The van der Waals surface area contributed by atoms with Crippen LogP contribution in [-0.4, -0.2) is 11.9 Å². The maximum absolute atomic E-state index is 13.5. The van der Waals surface area contributed by atoms with Crippen LogP contribution < -0.4 is 39.4 Å². The van der Waals surface area contributed by atoms with Gasteiger partial charge in [-0.2, -0.15) is 0 Å². The third-order valence-electron chi connectivity index (χ3n) is 6.42. The number of benzene rings is 4. The Kier molecular flexibility index (Phi) is 6.99. The molecule has 0 bridgehead atoms. The van der Waals surface area contributed by atoms with Crippen LogP contribution in [-0.2, 0) is 9.59 Å². The molecule has 1 aliphatic rings. The zero-order valence-electron chi connectivity index (χ0n) is 18.3. The summed E-state index contributed by atoms with van der Waals surface area (Å²) < 4.78 is 5.91. The zero-order chi connectivity index (χ0) is 22.1. The number of hydrogen-bond donors (Lipinski definition) is 0. The van der Waals surface area contributed by atoms with Crippen LogP contribution in [0, 0.1) is 11.8 Å². The Balaban J connectivity index is 0.00000259. The molecule has 1 saturated carbocycles. The van der Waals surface area contributed by atoms with Crippen molar-refractivity contribution in [2.45, 2.75) is 11.8 Å². The summed E-state index contributed by atoms with van der Waals surface area (Å²) in [5.74, 6) is -3.60. The molecule has 5 rings (SSSR count). The van der Waals surface area contributed by atoms with Crippen LogP contribution in [0.2, 0.25) is 0 Å². The SMILES string of the molecule is O=C([O-])C1[C@@H](c2ccccc2)C(C(=O)Oc2cccc3ccccc23)[C@@H]1c1ccccc1.[Na+]. The van der Waals surface area contributed by atoms with Gasteiger partial charge in [0.25, 0.3) is 0 Å². The van der Waals surface area contributed by atoms with Crippen LogP contribution in [0.15, 0.2) is 103 Å². The first-order valence-electron chi connectivity index (χ1n) is 10.7. The fourth-order valence-corrected chi connectivity index (χ4v) is 4.98. The molecular weight excluding hydrogens is 423 g/mol. The second kappa shape index (κ2) is 9.92. The van der Waals surface area contributed by atoms with E-state index in [0.717, 1.165) is 21.9 Å². The van der Waals surface area contributed by atoms with Crippen LogP contribution in [0.25, 0.3) is 10.8 Å². The molecule has 33 heavy (non-hydrogen) atoms. The van der Waals surface area contributed by atoms with Gasteiger partial charge in [0.05, 0.1) is 5.92 Å². The predicted molar refractivity (Wildman–Crippen MR) is 120 cm³/mol. The van der Waals surface area contributed by atoms with E-state index in [4.69, 9.17) is 4.74 Å². The van der Waals surface area contributed by atoms with Crippen molar-refractivity contribution in [1.29, 1.82) is 0 Å². The van der Waals surface area contributed by atoms with Gasteiger partial charge in [0, 0.05) is 29.1 Å². The summed E-state index contributed by atoms with van der Waals surface area (Å²) in [5.41, 5.74) is 1.60. The van der Waals surface area contributed by atoms with Crippen LogP contribution in [0.1, 0.15) is 23.0 Å². The van der Waals surface area contributed by atoms with Crippen molar-refractivity contribution in [3.05, 3.63) is 114 Å². The van der Waals surface area contributed by atoms with Crippen molar-refractivity contribution < 1.29 is 49.0 Å². The summed E-state index contributed by atoms with van der Waals surface area (Å²) in [7, 11) is 0. The Morgan fingerprint density at radius 2 is 1.15 bits per heavy atom. The molecule has 0 unspecified atom stereocenters. The minimum atomic E-state index is -1.15. The van der Waals surface area contributed by atoms with E-state index in [2.05, 4.69) is 0 Å². The van der Waals surface area contributed by atoms with Crippen molar-refractivity contribution in [2.75, 3.05) is 0 Å². The van der Waals surface area contributed by atoms with Gasteiger partial charge in [-0.3, -0.25) is 4.79 Å². The van der Waals surface area contributed by atoms with E-state index in [-0.39, 0.29) is 29.6 Å². The van der Waals surface area contributed by atoms with Gasteiger partial charge in [0.15, 0.2) is 0 Å². The normalized spacial score (nSPS) is 21.5. The fourth-order valence-electron chi connectivity index (χ4n) is 4.98. The molecule has 0 spiro atoms. The average Bonchev–Trinajstić information content (AvgIpc) is 2.80. The van der Waals surface area contributed by atoms with Gasteiger partial charge in [-0.05, 0) is 22.6 Å². The van der Waals surface area contributed by atoms with Gasteiger partial charge >= 0.3 is 35.5 Å². The predicted octanol–water partition coefficient (Wildman–Crippen LogP) is 1.31. The molecule has 5 heteroatoms. The summed E-state index contributed by atoms with van der Waals surface area (Å²) in [6.07, 6.45) is 0. The summed E-state index contributed by atoms with van der Waals surface area (Å²) in [6, 6.07) is 31.9. The van der Waals surface area contributed by atoms with Crippen molar-refractivity contribution >= 4 is 22.7 Å². The number of carbonyl (C=O) groups excluding carboxylic acids is 2. The second-order valence-corrected chi connectivity index (χ2v) is 8.14. The summed E-state index contributed by atoms with van der Waals surface area (Å²) in [4.78, 5) is 25.7. The Labute approximate surface area is 214 Å². The minimum absolute atomic E-state index is 0. The standard InChI is InChI=1S/C28H22O4.Na/c29-27(30)25-23(19-11-3-1-4-12-19)26(24(25)20-13-5-2-6-14-20)28(31)32-22-17-9-15-18-10-7-8-16-21(18)22;/h1-17,23-26H,(H,29,30);/q;+1/p-1/t23-,24-,25?,26?;/m1./s1. The Morgan fingerprint density at radius 1 is 0.636 bits per heavy atom. The van der Waals surface area contributed by atoms with Crippen LogP contribution in [0.3, 0.4) is 0 Å². The third-order valence-corrected chi connectivity index (χ3v) is 6.42. The topological polar surface area (TPSA) is 66.4 Å². The minimum Gasteiger partial charge on any atom is -0.550 e. The number of carbonyl (C=O) groups is 2. The Bertz CT molecular complexity index is 1220. The third kappa shape index (κ3) is 4.34. The first kappa shape index (κ1) is 23.2. The Morgan fingerprint density at radius 3 is 1.73 bits per heavy atom. The van der Waals surface area contributed by atoms with Gasteiger partial charge in [-0.25, -0.2) is 0 Å². The molecule has 0 heterocycles. The number of ether oxygens (including phenoxy) is 1. The van der Waals surface area contributed by atoms with E-state index in [0.29, 0.717) is 5.75 Å². The number of fused-ring (bicyclic) bond motifs is 1. The smallest absolute Gasteiger partial charge is 0.550 e. The molecule has 1 fully saturated rings. The second-order valence-electron chi connectivity index (χ2n) is 8.14. The van der Waals surface area contributed by atoms with Gasteiger partial charge in [0.1, 0.15) is 5.75 Å². The van der Waals surface area contributed by atoms with E-state index in [1.807, 2.05) is 97.1 Å². The van der Waals surface area contributed by atoms with Crippen molar-refractivity contribution in [2.24, 2.45) is 11.8 Å². The first-order valence-corrected chi connectivity index (χ1v) is 10.7. The van der Waals surface area contributed by atoms with E-state index in [9.17, 15) is 14.7 Å². The molecule has 2 atom stereocenters. The van der Waals surface area contributed by atoms with Gasteiger partial charge < -0.3 is 14.6 Å².